The van der Waals surface area contributed by atoms with Gasteiger partial charge in [-0.2, -0.15) is 0 Å². The summed E-state index contributed by atoms with van der Waals surface area (Å²) in [7, 11) is 0. The molecule has 1 aliphatic rings. The van der Waals surface area contributed by atoms with Gasteiger partial charge in [0.15, 0.2) is 0 Å². The fourth-order valence-electron chi connectivity index (χ4n) is 1.80. The number of hydrogen-bond acceptors (Lipinski definition) is 3. The van der Waals surface area contributed by atoms with Crippen molar-refractivity contribution < 1.29 is 9.47 Å². The van der Waals surface area contributed by atoms with Crippen LogP contribution >= 0.6 is 0 Å². The predicted molar refractivity (Wildman–Crippen MR) is 62.7 cm³/mol. The molecule has 1 N–H and O–H groups in total. The summed E-state index contributed by atoms with van der Waals surface area (Å²) in [6, 6.07) is 8.93. The Morgan fingerprint density at radius 3 is 3.19 bits per heavy atom. The Balaban J connectivity index is 1.96. The van der Waals surface area contributed by atoms with Gasteiger partial charge in [0.05, 0.1) is 6.61 Å². The van der Waals surface area contributed by atoms with Gasteiger partial charge in [-0.15, -0.1) is 0 Å². The number of aryl methyl sites for hydroxylation is 1. The summed E-state index contributed by atoms with van der Waals surface area (Å²) in [5, 5.41) is 3.30. The molecule has 3 heteroatoms. The third-order valence-corrected chi connectivity index (χ3v) is 2.81. The average molecular weight is 220 g/mol. The number of morpholine rings is 1. The van der Waals surface area contributed by atoms with Crippen molar-refractivity contribution in [1.82, 2.24) is 5.32 Å². The average Bonchev–Trinajstić information content (AvgIpc) is 2.33. The van der Waals surface area contributed by atoms with Crippen molar-refractivity contribution in [2.75, 3.05) is 19.7 Å². The Bertz CT molecular complexity index is 334. The molecule has 0 aromatic heterocycles. The van der Waals surface area contributed by atoms with Crippen LogP contribution in [0, 0.1) is 13.0 Å². The van der Waals surface area contributed by atoms with Crippen LogP contribution in [0.15, 0.2) is 18.2 Å². The van der Waals surface area contributed by atoms with E-state index in [1.807, 2.05) is 32.0 Å². The fourth-order valence-corrected chi connectivity index (χ4v) is 1.80. The molecule has 2 rings (SSSR count). The second-order valence-corrected chi connectivity index (χ2v) is 4.10. The summed E-state index contributed by atoms with van der Waals surface area (Å²) in [4.78, 5) is 0. The minimum Gasteiger partial charge on any atom is -0.488 e. The Morgan fingerprint density at radius 2 is 2.50 bits per heavy atom. The van der Waals surface area contributed by atoms with Crippen LogP contribution in [0.3, 0.4) is 0 Å². The SMILES string of the molecule is Cc1[c]cccc1OC(C)C1CNCCO1. The maximum absolute atomic E-state index is 5.89. The predicted octanol–water partition coefficient (Wildman–Crippen LogP) is 1.55. The molecule has 87 valence electrons. The monoisotopic (exact) mass is 220 g/mol. The molecular weight excluding hydrogens is 202 g/mol. The second-order valence-electron chi connectivity index (χ2n) is 4.10. The van der Waals surface area contributed by atoms with Crippen molar-refractivity contribution in [3.63, 3.8) is 0 Å². The Kier molecular flexibility index (Phi) is 3.80. The molecule has 0 saturated carbocycles. The highest BCUT2D eigenvalue weighted by Gasteiger charge is 2.22. The molecule has 1 aromatic rings. The van der Waals surface area contributed by atoms with Crippen LogP contribution in [-0.2, 0) is 4.74 Å². The molecule has 1 aliphatic heterocycles. The van der Waals surface area contributed by atoms with Crippen molar-refractivity contribution in [3.05, 3.63) is 29.8 Å². The number of hydrogen-bond donors (Lipinski definition) is 1. The summed E-state index contributed by atoms with van der Waals surface area (Å²) >= 11 is 0. The van der Waals surface area contributed by atoms with Gasteiger partial charge in [-0.25, -0.2) is 0 Å². The van der Waals surface area contributed by atoms with Gasteiger partial charge in [-0.3, -0.25) is 0 Å². The van der Waals surface area contributed by atoms with E-state index < -0.39 is 0 Å². The molecule has 2 unspecified atom stereocenters. The lowest BCUT2D eigenvalue weighted by Crippen LogP contribution is -2.46. The first-order chi connectivity index (χ1) is 7.77. The van der Waals surface area contributed by atoms with E-state index in [9.17, 15) is 0 Å². The van der Waals surface area contributed by atoms with Gasteiger partial charge in [0, 0.05) is 13.1 Å². The minimum absolute atomic E-state index is 0.0577. The first-order valence-corrected chi connectivity index (χ1v) is 5.73. The van der Waals surface area contributed by atoms with Crippen molar-refractivity contribution in [2.45, 2.75) is 26.1 Å². The summed E-state index contributed by atoms with van der Waals surface area (Å²) in [6.07, 6.45) is 0.190. The van der Waals surface area contributed by atoms with E-state index in [4.69, 9.17) is 9.47 Å². The van der Waals surface area contributed by atoms with Gasteiger partial charge < -0.3 is 14.8 Å². The normalized spacial score (nSPS) is 22.8. The van der Waals surface area contributed by atoms with Crippen LogP contribution < -0.4 is 10.1 Å². The molecular formula is C13H18NO2. The maximum atomic E-state index is 5.89. The number of nitrogens with one attached hydrogen (secondary N) is 1. The topological polar surface area (TPSA) is 30.5 Å². The Labute approximate surface area is 96.8 Å². The van der Waals surface area contributed by atoms with Gasteiger partial charge in [0.2, 0.25) is 0 Å². The zero-order valence-corrected chi connectivity index (χ0v) is 9.82. The molecule has 3 nitrogen and oxygen atoms in total. The molecule has 1 heterocycles. The molecule has 2 atom stereocenters. The lowest BCUT2D eigenvalue weighted by Gasteiger charge is -2.29. The van der Waals surface area contributed by atoms with Crippen molar-refractivity contribution in [3.8, 4) is 5.75 Å². The zero-order chi connectivity index (χ0) is 11.4. The fraction of sp³-hybridized carbons (Fsp3) is 0.538. The second kappa shape index (κ2) is 5.32. The van der Waals surface area contributed by atoms with Crippen LogP contribution in [0.25, 0.3) is 0 Å². The molecule has 0 amide bonds. The third-order valence-electron chi connectivity index (χ3n) is 2.81. The first kappa shape index (κ1) is 11.4. The third kappa shape index (κ3) is 2.74. The van der Waals surface area contributed by atoms with E-state index in [1.54, 1.807) is 0 Å². The summed E-state index contributed by atoms with van der Waals surface area (Å²) < 4.78 is 11.5. The van der Waals surface area contributed by atoms with Crippen molar-refractivity contribution in [1.29, 1.82) is 0 Å². The number of rotatable bonds is 3. The first-order valence-electron chi connectivity index (χ1n) is 5.73. The van der Waals surface area contributed by atoms with E-state index >= 15 is 0 Å². The molecule has 1 radical (unpaired) electrons. The van der Waals surface area contributed by atoms with Gasteiger partial charge >= 0.3 is 0 Å². The highest BCUT2D eigenvalue weighted by molar-refractivity contribution is 5.31. The van der Waals surface area contributed by atoms with Crippen molar-refractivity contribution in [2.24, 2.45) is 0 Å². The Morgan fingerprint density at radius 1 is 1.62 bits per heavy atom. The van der Waals surface area contributed by atoms with Gasteiger partial charge in [0.1, 0.15) is 18.0 Å². The highest BCUT2D eigenvalue weighted by atomic mass is 16.5. The minimum atomic E-state index is 0.0577. The standard InChI is InChI=1S/C13H18NO2/c1-10-5-3-4-6-12(10)16-11(2)13-9-14-7-8-15-13/h3-4,6,11,13-14H,7-9H2,1-2H3. The summed E-state index contributed by atoms with van der Waals surface area (Å²) in [5.41, 5.74) is 1.04. The molecule has 1 aromatic carbocycles. The zero-order valence-electron chi connectivity index (χ0n) is 9.82. The van der Waals surface area contributed by atoms with Gasteiger partial charge in [-0.1, -0.05) is 12.1 Å². The van der Waals surface area contributed by atoms with Gasteiger partial charge in [-0.05, 0) is 31.5 Å². The molecule has 1 saturated heterocycles. The molecule has 16 heavy (non-hydrogen) atoms. The molecule has 1 fully saturated rings. The highest BCUT2D eigenvalue weighted by Crippen LogP contribution is 2.19. The summed E-state index contributed by atoms with van der Waals surface area (Å²) in [6.45, 7) is 6.60. The number of benzene rings is 1. The Hall–Kier alpha value is -1.06. The largest absolute Gasteiger partial charge is 0.488 e. The van der Waals surface area contributed by atoms with Gasteiger partial charge in [0.25, 0.3) is 0 Å². The van der Waals surface area contributed by atoms with E-state index in [1.165, 1.54) is 0 Å². The summed E-state index contributed by atoms with van der Waals surface area (Å²) in [5.74, 6) is 0.893. The van der Waals surface area contributed by atoms with Crippen LogP contribution in [0.2, 0.25) is 0 Å². The molecule has 0 bridgehead atoms. The van der Waals surface area contributed by atoms with Crippen molar-refractivity contribution >= 4 is 0 Å². The van der Waals surface area contributed by atoms with E-state index in [2.05, 4.69) is 11.4 Å². The van der Waals surface area contributed by atoms with E-state index in [-0.39, 0.29) is 12.2 Å². The molecule has 0 aliphatic carbocycles. The van der Waals surface area contributed by atoms with E-state index in [0.29, 0.717) is 0 Å². The molecule has 0 spiro atoms. The quantitative estimate of drug-likeness (QED) is 0.838. The maximum Gasteiger partial charge on any atom is 0.123 e. The van der Waals surface area contributed by atoms with E-state index in [0.717, 1.165) is 31.0 Å². The lowest BCUT2D eigenvalue weighted by atomic mass is 10.2. The smallest absolute Gasteiger partial charge is 0.123 e. The van der Waals surface area contributed by atoms with Crippen LogP contribution in [-0.4, -0.2) is 31.9 Å². The van der Waals surface area contributed by atoms with Crippen LogP contribution in [0.4, 0.5) is 0 Å². The van der Waals surface area contributed by atoms with Crippen LogP contribution in [0.5, 0.6) is 5.75 Å². The van der Waals surface area contributed by atoms with Crippen LogP contribution in [0.1, 0.15) is 12.5 Å². The lowest BCUT2D eigenvalue weighted by molar-refractivity contribution is -0.0352. The number of ether oxygens (including phenoxy) is 2.